The van der Waals surface area contributed by atoms with Gasteiger partial charge < -0.3 is 4.74 Å². The van der Waals surface area contributed by atoms with E-state index in [0.717, 1.165) is 21.4 Å². The monoisotopic (exact) mass is 536 g/mol. The Morgan fingerprint density at radius 1 is 1.16 bits per heavy atom. The topological polar surface area (TPSA) is 92.7 Å². The lowest BCUT2D eigenvalue weighted by atomic mass is 10.2. The highest BCUT2D eigenvalue weighted by atomic mass is 32.2. The molecular weight excluding hydrogens is 508 g/mol. The summed E-state index contributed by atoms with van der Waals surface area (Å²) in [6.07, 6.45) is 4.43. The summed E-state index contributed by atoms with van der Waals surface area (Å²) in [5.41, 5.74) is 3.50. The number of carbonyl (C=O) groups excluding carboxylic acids is 1. The van der Waals surface area contributed by atoms with Crippen LogP contribution < -0.4 is 9.64 Å². The number of hydrogen-bond donors (Lipinski definition) is 0. The van der Waals surface area contributed by atoms with Crippen LogP contribution in [0.4, 0.5) is 5.13 Å². The van der Waals surface area contributed by atoms with Gasteiger partial charge in [0.05, 0.1) is 23.2 Å². The molecule has 1 amide bonds. The number of hydrogen-bond acceptors (Lipinski definition) is 7. The highest BCUT2D eigenvalue weighted by molar-refractivity contribution is 7.89. The highest BCUT2D eigenvalue weighted by Gasteiger charge is 2.42. The molecule has 0 aliphatic carbocycles. The van der Waals surface area contributed by atoms with Crippen LogP contribution in [0, 0.1) is 13.8 Å². The number of nitrogens with zero attached hydrogens (tertiary/aromatic N) is 4. The Morgan fingerprint density at radius 3 is 2.65 bits per heavy atom. The molecule has 0 saturated carbocycles. The second kappa shape index (κ2) is 10.2. The second-order valence-corrected chi connectivity index (χ2v) is 12.0. The van der Waals surface area contributed by atoms with Crippen LogP contribution in [-0.4, -0.2) is 48.3 Å². The Kier molecular flexibility index (Phi) is 6.98. The van der Waals surface area contributed by atoms with E-state index in [4.69, 9.17) is 9.72 Å². The number of aromatic nitrogens is 2. The van der Waals surface area contributed by atoms with Crippen molar-refractivity contribution in [2.24, 2.45) is 0 Å². The molecule has 37 heavy (non-hydrogen) atoms. The van der Waals surface area contributed by atoms with Crippen molar-refractivity contribution < 1.29 is 17.9 Å². The fourth-order valence-corrected chi connectivity index (χ4v) is 7.30. The number of ether oxygens (including phenoxy) is 1. The van der Waals surface area contributed by atoms with E-state index >= 15 is 0 Å². The number of sulfonamides is 1. The molecule has 1 aliphatic heterocycles. The van der Waals surface area contributed by atoms with Gasteiger partial charge in [-0.15, -0.1) is 0 Å². The first-order valence-electron chi connectivity index (χ1n) is 12.0. The molecule has 1 atom stereocenters. The first kappa shape index (κ1) is 25.3. The Morgan fingerprint density at radius 2 is 1.95 bits per heavy atom. The number of methoxy groups -OCH3 is 1. The van der Waals surface area contributed by atoms with Gasteiger partial charge in [-0.3, -0.25) is 14.7 Å². The maximum absolute atomic E-state index is 14.1. The van der Waals surface area contributed by atoms with Gasteiger partial charge in [0, 0.05) is 18.9 Å². The molecule has 1 aliphatic rings. The molecule has 10 heteroatoms. The zero-order valence-corrected chi connectivity index (χ0v) is 22.6. The van der Waals surface area contributed by atoms with Crippen molar-refractivity contribution in [2.45, 2.75) is 44.2 Å². The van der Waals surface area contributed by atoms with Gasteiger partial charge in [-0.2, -0.15) is 4.31 Å². The van der Waals surface area contributed by atoms with Crippen LogP contribution in [0.25, 0.3) is 10.2 Å². The molecule has 0 N–H and O–H groups in total. The molecule has 8 nitrogen and oxygen atoms in total. The van der Waals surface area contributed by atoms with Crippen LogP contribution in [0.5, 0.6) is 5.75 Å². The maximum Gasteiger partial charge on any atom is 0.247 e. The van der Waals surface area contributed by atoms with Gasteiger partial charge in [0.1, 0.15) is 17.3 Å². The quantitative estimate of drug-likeness (QED) is 0.340. The fraction of sp³-hybridized carbons (Fsp3) is 0.296. The predicted molar refractivity (Wildman–Crippen MR) is 144 cm³/mol. The van der Waals surface area contributed by atoms with E-state index in [1.807, 2.05) is 38.1 Å². The van der Waals surface area contributed by atoms with Gasteiger partial charge in [0.2, 0.25) is 15.9 Å². The van der Waals surface area contributed by atoms with Crippen molar-refractivity contribution in [1.29, 1.82) is 0 Å². The molecule has 2 aromatic heterocycles. The fourth-order valence-electron chi connectivity index (χ4n) is 4.59. The summed E-state index contributed by atoms with van der Waals surface area (Å²) in [7, 11) is -2.25. The minimum atomic E-state index is -3.84. The zero-order valence-electron chi connectivity index (χ0n) is 20.9. The highest BCUT2D eigenvalue weighted by Crippen LogP contribution is 2.38. The number of fused-ring (bicyclic) bond motifs is 1. The Balaban J connectivity index is 1.55. The number of anilines is 1. The van der Waals surface area contributed by atoms with Crippen LogP contribution in [-0.2, 0) is 21.4 Å². The lowest BCUT2D eigenvalue weighted by molar-refractivity contribution is -0.121. The van der Waals surface area contributed by atoms with E-state index < -0.39 is 16.1 Å². The van der Waals surface area contributed by atoms with Gasteiger partial charge in [-0.1, -0.05) is 41.2 Å². The van der Waals surface area contributed by atoms with Gasteiger partial charge in [-0.25, -0.2) is 13.4 Å². The summed E-state index contributed by atoms with van der Waals surface area (Å²) in [5, 5.41) is 0.496. The van der Waals surface area contributed by atoms with Gasteiger partial charge in [-0.05, 0) is 62.1 Å². The number of amides is 1. The molecule has 0 spiro atoms. The lowest BCUT2D eigenvalue weighted by Gasteiger charge is -2.28. The third-order valence-corrected chi connectivity index (χ3v) is 9.72. The minimum Gasteiger partial charge on any atom is -0.494 e. The molecule has 1 fully saturated rings. The summed E-state index contributed by atoms with van der Waals surface area (Å²) in [6.45, 7) is 4.41. The van der Waals surface area contributed by atoms with E-state index in [1.165, 1.54) is 15.6 Å². The number of aryl methyl sites for hydroxylation is 2. The number of pyridine rings is 1. The summed E-state index contributed by atoms with van der Waals surface area (Å²) < 4.78 is 34.9. The van der Waals surface area contributed by atoms with E-state index in [0.29, 0.717) is 35.8 Å². The number of benzene rings is 2. The van der Waals surface area contributed by atoms with Crippen molar-refractivity contribution in [3.05, 3.63) is 77.6 Å². The number of carbonyl (C=O) groups is 1. The summed E-state index contributed by atoms with van der Waals surface area (Å²) in [6, 6.07) is 13.4. The minimum absolute atomic E-state index is 0.192. The number of rotatable bonds is 7. The maximum atomic E-state index is 14.1. The molecule has 0 radical (unpaired) electrons. The zero-order chi connectivity index (χ0) is 26.2. The van der Waals surface area contributed by atoms with Crippen LogP contribution in [0.1, 0.15) is 29.5 Å². The average molecular weight is 537 g/mol. The lowest BCUT2D eigenvalue weighted by Crippen LogP contribution is -2.47. The van der Waals surface area contributed by atoms with Crippen LogP contribution in [0.3, 0.4) is 0 Å². The van der Waals surface area contributed by atoms with Crippen molar-refractivity contribution in [1.82, 2.24) is 14.3 Å². The molecule has 4 aromatic rings. The summed E-state index contributed by atoms with van der Waals surface area (Å²) in [5.74, 6) is 0.328. The van der Waals surface area contributed by atoms with Gasteiger partial charge >= 0.3 is 0 Å². The molecule has 3 heterocycles. The van der Waals surface area contributed by atoms with Crippen LogP contribution in [0.2, 0.25) is 0 Å². The van der Waals surface area contributed by atoms with Gasteiger partial charge in [0.15, 0.2) is 5.13 Å². The van der Waals surface area contributed by atoms with Crippen LogP contribution >= 0.6 is 11.3 Å². The van der Waals surface area contributed by atoms with Crippen molar-refractivity contribution in [3.63, 3.8) is 0 Å². The Labute approximate surface area is 220 Å². The van der Waals surface area contributed by atoms with Crippen molar-refractivity contribution in [3.8, 4) is 5.75 Å². The SMILES string of the molecule is COc1ccc(C)c2sc(N(Cc3cccnc3)C(=O)C3CCCN3S(=O)(=O)c3ccc(C)cc3)nc12. The largest absolute Gasteiger partial charge is 0.494 e. The van der Waals surface area contributed by atoms with Gasteiger partial charge in [0.25, 0.3) is 0 Å². The summed E-state index contributed by atoms with van der Waals surface area (Å²) >= 11 is 1.40. The van der Waals surface area contributed by atoms with E-state index in [1.54, 1.807) is 48.7 Å². The smallest absolute Gasteiger partial charge is 0.247 e. The molecule has 0 bridgehead atoms. The normalized spacial score (nSPS) is 16.2. The van der Waals surface area contributed by atoms with E-state index in [9.17, 15) is 13.2 Å². The Bertz CT molecular complexity index is 1540. The molecular formula is C27H28N4O4S2. The third kappa shape index (κ3) is 4.84. The Hall–Kier alpha value is -3.34. The van der Waals surface area contributed by atoms with Crippen molar-refractivity contribution in [2.75, 3.05) is 18.6 Å². The standard InChI is InChI=1S/C27H28N4O4S2/c1-18-8-11-21(12-9-18)37(33,34)31-15-5-7-22(31)26(32)30(17-20-6-4-14-28-16-20)27-29-24-23(35-3)13-10-19(2)25(24)36-27/h4,6,8-14,16,22H,5,7,15,17H2,1-3H3. The average Bonchev–Trinajstić information content (AvgIpc) is 3.57. The third-order valence-electron chi connectivity index (χ3n) is 6.59. The predicted octanol–water partition coefficient (Wildman–Crippen LogP) is 4.70. The first-order valence-corrected chi connectivity index (χ1v) is 14.3. The molecule has 1 unspecified atom stereocenters. The van der Waals surface area contributed by atoms with E-state index in [-0.39, 0.29) is 17.3 Å². The molecule has 5 rings (SSSR count). The van der Waals surface area contributed by atoms with Crippen molar-refractivity contribution >= 4 is 42.6 Å². The van der Waals surface area contributed by atoms with E-state index in [2.05, 4.69) is 4.98 Å². The second-order valence-electron chi connectivity index (χ2n) is 9.13. The molecule has 2 aromatic carbocycles. The molecule has 192 valence electrons. The summed E-state index contributed by atoms with van der Waals surface area (Å²) in [4.78, 5) is 24.9. The molecule has 1 saturated heterocycles. The number of thiazole rings is 1. The van der Waals surface area contributed by atoms with Crippen LogP contribution in [0.15, 0.2) is 65.8 Å². The first-order chi connectivity index (χ1) is 17.8.